The highest BCUT2D eigenvalue weighted by Gasteiger charge is 2.23. The van der Waals surface area contributed by atoms with Gasteiger partial charge >= 0.3 is 0 Å². The molecular formula is C22H17ClFN3O. The Morgan fingerprint density at radius 3 is 2.64 bits per heavy atom. The van der Waals surface area contributed by atoms with Crippen LogP contribution in [-0.4, -0.2) is 15.9 Å². The van der Waals surface area contributed by atoms with E-state index in [0.29, 0.717) is 33.2 Å². The van der Waals surface area contributed by atoms with Crippen LogP contribution in [0.1, 0.15) is 35.3 Å². The van der Waals surface area contributed by atoms with Gasteiger partial charge in [0.05, 0.1) is 23.1 Å². The highest BCUT2D eigenvalue weighted by atomic mass is 35.5. The minimum Gasteiger partial charge on any atom is -0.321 e. The second kappa shape index (κ2) is 7.90. The number of halogens is 2. The van der Waals surface area contributed by atoms with E-state index in [9.17, 15) is 9.18 Å². The van der Waals surface area contributed by atoms with Crippen molar-refractivity contribution < 1.29 is 9.18 Å². The average Bonchev–Trinajstić information content (AvgIpc) is 3.24. The summed E-state index contributed by atoms with van der Waals surface area (Å²) in [6.07, 6.45) is 8.00. The number of hydrogen-bond acceptors (Lipinski definition) is 3. The number of carbonyl (C=O) groups is 1. The molecule has 0 bridgehead atoms. The molecule has 4 nitrogen and oxygen atoms in total. The summed E-state index contributed by atoms with van der Waals surface area (Å²) in [5.41, 5.74) is 3.34. The van der Waals surface area contributed by atoms with Gasteiger partial charge in [-0.2, -0.15) is 0 Å². The Morgan fingerprint density at radius 2 is 1.93 bits per heavy atom. The van der Waals surface area contributed by atoms with Crippen molar-refractivity contribution in [2.24, 2.45) is 0 Å². The predicted molar refractivity (Wildman–Crippen MR) is 109 cm³/mol. The molecule has 0 radical (unpaired) electrons. The van der Waals surface area contributed by atoms with Crippen LogP contribution in [-0.2, 0) is 0 Å². The molecule has 0 atom stereocenters. The van der Waals surface area contributed by atoms with Crippen molar-refractivity contribution in [1.29, 1.82) is 0 Å². The zero-order chi connectivity index (χ0) is 19.5. The Kier molecular flexibility index (Phi) is 5.17. The molecule has 0 spiro atoms. The molecule has 1 aliphatic carbocycles. The van der Waals surface area contributed by atoms with Gasteiger partial charge < -0.3 is 5.32 Å². The Balaban J connectivity index is 1.83. The van der Waals surface area contributed by atoms with Crippen molar-refractivity contribution in [3.63, 3.8) is 0 Å². The van der Waals surface area contributed by atoms with E-state index in [2.05, 4.69) is 21.4 Å². The number of aromatic nitrogens is 2. The number of hydrogen-bond donors (Lipinski definition) is 1. The lowest BCUT2D eigenvalue weighted by Gasteiger charge is -2.15. The van der Waals surface area contributed by atoms with Crippen LogP contribution in [0.25, 0.3) is 16.7 Å². The lowest BCUT2D eigenvalue weighted by atomic mass is 9.94. The first-order chi connectivity index (χ1) is 13.6. The van der Waals surface area contributed by atoms with E-state index in [4.69, 9.17) is 11.6 Å². The number of pyridine rings is 2. The third kappa shape index (κ3) is 3.66. The molecule has 1 aliphatic rings. The third-order valence-electron chi connectivity index (χ3n) is 4.67. The quantitative estimate of drug-likeness (QED) is 0.573. The molecule has 2 heterocycles. The second-order valence-corrected chi connectivity index (χ2v) is 6.89. The smallest absolute Gasteiger partial charge is 0.258 e. The van der Waals surface area contributed by atoms with Crippen LogP contribution in [0.4, 0.5) is 10.1 Å². The van der Waals surface area contributed by atoms with E-state index in [1.54, 1.807) is 42.6 Å². The van der Waals surface area contributed by atoms with Gasteiger partial charge in [0.2, 0.25) is 0 Å². The highest BCUT2D eigenvalue weighted by Crippen LogP contribution is 2.34. The first-order valence-corrected chi connectivity index (χ1v) is 9.37. The number of amides is 1. The molecule has 1 aromatic carbocycles. The largest absolute Gasteiger partial charge is 0.321 e. The highest BCUT2D eigenvalue weighted by molar-refractivity contribution is 6.29. The molecule has 28 heavy (non-hydrogen) atoms. The van der Waals surface area contributed by atoms with E-state index in [1.165, 1.54) is 12.3 Å². The molecule has 140 valence electrons. The fourth-order valence-electron chi connectivity index (χ4n) is 3.37. The lowest BCUT2D eigenvalue weighted by Crippen LogP contribution is -2.17. The van der Waals surface area contributed by atoms with Crippen LogP contribution in [0.15, 0.2) is 60.9 Å². The van der Waals surface area contributed by atoms with E-state index in [0.717, 1.165) is 24.8 Å². The summed E-state index contributed by atoms with van der Waals surface area (Å²) in [5.74, 6) is -0.750. The maximum absolute atomic E-state index is 14.5. The van der Waals surface area contributed by atoms with Gasteiger partial charge in [-0.15, -0.1) is 0 Å². The predicted octanol–water partition coefficient (Wildman–Crippen LogP) is 5.76. The zero-order valence-electron chi connectivity index (χ0n) is 15.0. The van der Waals surface area contributed by atoms with Gasteiger partial charge in [0.15, 0.2) is 0 Å². The summed E-state index contributed by atoms with van der Waals surface area (Å²) in [4.78, 5) is 21.7. The average molecular weight is 394 g/mol. The maximum Gasteiger partial charge on any atom is 0.258 e. The fraction of sp³-hybridized carbons (Fsp3) is 0.136. The summed E-state index contributed by atoms with van der Waals surface area (Å²) in [5, 5.41) is 3.17. The Bertz CT molecular complexity index is 1060. The van der Waals surface area contributed by atoms with Gasteiger partial charge in [-0.05, 0) is 49.1 Å². The van der Waals surface area contributed by atoms with Crippen LogP contribution >= 0.6 is 11.6 Å². The summed E-state index contributed by atoms with van der Waals surface area (Å²) < 4.78 is 14.5. The zero-order valence-corrected chi connectivity index (χ0v) is 15.7. The van der Waals surface area contributed by atoms with Crippen LogP contribution < -0.4 is 5.32 Å². The first-order valence-electron chi connectivity index (χ1n) is 8.99. The number of nitrogens with zero attached hydrogens (tertiary/aromatic N) is 2. The molecule has 3 aromatic rings. The SMILES string of the molecule is O=C(Nc1ccc(Cl)nc1)c1c(-c2ccccc2F)ccnc1C1=CCCC1. The Hall–Kier alpha value is -3.05. The van der Waals surface area contributed by atoms with Crippen molar-refractivity contribution in [3.05, 3.63) is 83.2 Å². The molecule has 6 heteroatoms. The van der Waals surface area contributed by atoms with E-state index in [1.807, 2.05) is 0 Å². The number of allylic oxidation sites excluding steroid dienone is 2. The molecule has 0 saturated heterocycles. The number of nitrogens with one attached hydrogen (secondary N) is 1. The number of anilines is 1. The van der Waals surface area contributed by atoms with Crippen molar-refractivity contribution in [3.8, 4) is 11.1 Å². The van der Waals surface area contributed by atoms with E-state index < -0.39 is 0 Å². The van der Waals surface area contributed by atoms with Crippen LogP contribution in [0.5, 0.6) is 0 Å². The number of rotatable bonds is 4. The van der Waals surface area contributed by atoms with Crippen molar-refractivity contribution >= 4 is 28.8 Å². The maximum atomic E-state index is 14.5. The minimum atomic E-state index is -0.387. The molecule has 2 aromatic heterocycles. The van der Waals surface area contributed by atoms with E-state index in [-0.39, 0.29) is 11.7 Å². The van der Waals surface area contributed by atoms with Gasteiger partial charge in [-0.1, -0.05) is 35.9 Å². The van der Waals surface area contributed by atoms with Gasteiger partial charge in [-0.3, -0.25) is 9.78 Å². The fourth-order valence-corrected chi connectivity index (χ4v) is 3.48. The van der Waals surface area contributed by atoms with Crippen molar-refractivity contribution in [2.45, 2.75) is 19.3 Å². The molecule has 0 saturated carbocycles. The van der Waals surface area contributed by atoms with Gasteiger partial charge in [-0.25, -0.2) is 9.37 Å². The van der Waals surface area contributed by atoms with E-state index >= 15 is 0 Å². The Labute approximate surface area is 167 Å². The molecule has 1 N–H and O–H groups in total. The normalized spacial score (nSPS) is 13.3. The molecule has 0 aliphatic heterocycles. The van der Waals surface area contributed by atoms with Gasteiger partial charge in [0.25, 0.3) is 5.91 Å². The Morgan fingerprint density at radius 1 is 1.07 bits per heavy atom. The molecular weight excluding hydrogens is 377 g/mol. The second-order valence-electron chi connectivity index (χ2n) is 6.51. The minimum absolute atomic E-state index is 0.336. The number of carbonyl (C=O) groups excluding carboxylic acids is 1. The van der Waals surface area contributed by atoms with Gasteiger partial charge in [0, 0.05) is 17.3 Å². The van der Waals surface area contributed by atoms with Gasteiger partial charge in [0.1, 0.15) is 11.0 Å². The lowest BCUT2D eigenvalue weighted by molar-refractivity contribution is 0.102. The third-order valence-corrected chi connectivity index (χ3v) is 4.90. The van der Waals surface area contributed by atoms with Crippen molar-refractivity contribution in [1.82, 2.24) is 9.97 Å². The summed E-state index contributed by atoms with van der Waals surface area (Å²) in [7, 11) is 0. The van der Waals surface area contributed by atoms with Crippen molar-refractivity contribution in [2.75, 3.05) is 5.32 Å². The monoisotopic (exact) mass is 393 g/mol. The summed E-state index contributed by atoms with van der Waals surface area (Å²) >= 11 is 5.82. The van der Waals surface area contributed by atoms with Crippen LogP contribution in [0.3, 0.4) is 0 Å². The summed E-state index contributed by atoms with van der Waals surface area (Å²) in [6.45, 7) is 0. The first kappa shape index (κ1) is 18.3. The number of benzene rings is 1. The topological polar surface area (TPSA) is 54.9 Å². The molecule has 1 amide bonds. The molecule has 0 fully saturated rings. The molecule has 0 unspecified atom stereocenters. The summed E-state index contributed by atoms with van der Waals surface area (Å²) in [6, 6.07) is 11.4. The molecule has 4 rings (SSSR count). The standard InChI is InChI=1S/C22H17ClFN3O/c23-19-10-9-15(13-26-19)27-22(28)20-17(16-7-3-4-8-18(16)24)11-12-25-21(20)14-5-1-2-6-14/h3-5,7-13H,1-2,6H2,(H,27,28). The van der Waals surface area contributed by atoms with Crippen LogP contribution in [0.2, 0.25) is 5.15 Å². The van der Waals surface area contributed by atoms with Crippen LogP contribution in [0, 0.1) is 5.82 Å².